The van der Waals surface area contributed by atoms with Crippen LogP contribution < -0.4 is 15.8 Å². The maximum atomic E-state index is 11.9. The van der Waals surface area contributed by atoms with Crippen LogP contribution >= 0.6 is 0 Å². The lowest BCUT2D eigenvalue weighted by molar-refractivity contribution is -0.117. The number of nitrogens with one attached hydrogen (secondary N) is 1. The third kappa shape index (κ3) is 4.89. The van der Waals surface area contributed by atoms with Crippen LogP contribution in [0.1, 0.15) is 18.9 Å². The van der Waals surface area contributed by atoms with E-state index in [4.69, 9.17) is 15.2 Å². The average Bonchev–Trinajstić information content (AvgIpc) is 2.39. The molecule has 1 rings (SSSR count). The first-order valence-corrected chi connectivity index (χ1v) is 6.37. The Kier molecular flexibility index (Phi) is 6.32. The van der Waals surface area contributed by atoms with E-state index in [1.54, 1.807) is 7.11 Å². The molecule has 0 spiro atoms. The molecule has 0 bridgehead atoms. The Bertz CT molecular complexity index is 421. The first kappa shape index (κ1) is 15.5. The number of hydrogen-bond acceptors (Lipinski definition) is 4. The highest BCUT2D eigenvalue weighted by Crippen LogP contribution is 2.21. The van der Waals surface area contributed by atoms with E-state index in [9.17, 15) is 4.79 Å². The van der Waals surface area contributed by atoms with Gasteiger partial charge in [0.25, 0.3) is 0 Å². The highest BCUT2D eigenvalue weighted by Gasteiger charge is 2.14. The predicted octanol–water partition coefficient (Wildman–Crippen LogP) is 1.70. The number of carbonyl (C=O) groups excluding carboxylic acids is 1. The van der Waals surface area contributed by atoms with Crippen molar-refractivity contribution in [3.05, 3.63) is 23.8 Å². The number of nitrogens with two attached hydrogens (primary N) is 1. The molecule has 0 radical (unpaired) electrons. The van der Waals surface area contributed by atoms with Gasteiger partial charge in [0.05, 0.1) is 12.6 Å². The standard InChI is InChI=1S/C14H22N2O3/c1-4-19-11-5-6-13(10(2)9-11)16-14(17)12(15)7-8-18-3/h5-6,9,12H,4,7-8,15H2,1-3H3,(H,16,17). The van der Waals surface area contributed by atoms with Gasteiger partial charge in [0.1, 0.15) is 5.75 Å². The summed E-state index contributed by atoms with van der Waals surface area (Å²) in [6.07, 6.45) is 0.498. The zero-order valence-electron chi connectivity index (χ0n) is 11.7. The van der Waals surface area contributed by atoms with Crippen molar-refractivity contribution >= 4 is 11.6 Å². The Hall–Kier alpha value is -1.59. The van der Waals surface area contributed by atoms with E-state index in [2.05, 4.69) is 5.32 Å². The molecule has 5 heteroatoms. The summed E-state index contributed by atoms with van der Waals surface area (Å²) in [5.41, 5.74) is 7.46. The molecule has 0 aromatic heterocycles. The van der Waals surface area contributed by atoms with Crippen molar-refractivity contribution in [2.75, 3.05) is 25.6 Å². The minimum Gasteiger partial charge on any atom is -0.494 e. The zero-order chi connectivity index (χ0) is 14.3. The third-order valence-electron chi connectivity index (χ3n) is 2.74. The lowest BCUT2D eigenvalue weighted by atomic mass is 10.1. The van der Waals surface area contributed by atoms with Crippen molar-refractivity contribution in [2.24, 2.45) is 5.73 Å². The second kappa shape index (κ2) is 7.76. The molecule has 106 valence electrons. The van der Waals surface area contributed by atoms with E-state index in [1.807, 2.05) is 32.0 Å². The summed E-state index contributed by atoms with van der Waals surface area (Å²) < 4.78 is 10.3. The molecule has 1 unspecified atom stereocenters. The minimum absolute atomic E-state index is 0.204. The van der Waals surface area contributed by atoms with Crippen LogP contribution in [0.3, 0.4) is 0 Å². The molecule has 1 amide bonds. The largest absolute Gasteiger partial charge is 0.494 e. The average molecular weight is 266 g/mol. The van der Waals surface area contributed by atoms with E-state index >= 15 is 0 Å². The molecular weight excluding hydrogens is 244 g/mol. The fourth-order valence-corrected chi connectivity index (χ4v) is 1.63. The number of benzene rings is 1. The quantitative estimate of drug-likeness (QED) is 0.787. The van der Waals surface area contributed by atoms with Crippen molar-refractivity contribution in [3.63, 3.8) is 0 Å². The Morgan fingerprint density at radius 1 is 1.47 bits per heavy atom. The van der Waals surface area contributed by atoms with E-state index in [0.717, 1.165) is 17.0 Å². The molecule has 1 aromatic carbocycles. The van der Waals surface area contributed by atoms with Crippen LogP contribution in [0.5, 0.6) is 5.75 Å². The fourth-order valence-electron chi connectivity index (χ4n) is 1.63. The van der Waals surface area contributed by atoms with Gasteiger partial charge in [0.2, 0.25) is 5.91 Å². The van der Waals surface area contributed by atoms with Crippen LogP contribution in [0.4, 0.5) is 5.69 Å². The van der Waals surface area contributed by atoms with E-state index in [0.29, 0.717) is 19.6 Å². The number of ether oxygens (including phenoxy) is 2. The van der Waals surface area contributed by atoms with Crippen LogP contribution in [-0.2, 0) is 9.53 Å². The normalized spacial score (nSPS) is 12.0. The second-order valence-electron chi connectivity index (χ2n) is 4.29. The Labute approximate surface area is 114 Å². The maximum absolute atomic E-state index is 11.9. The SMILES string of the molecule is CCOc1ccc(NC(=O)C(N)CCOC)c(C)c1. The second-order valence-corrected chi connectivity index (χ2v) is 4.29. The highest BCUT2D eigenvalue weighted by atomic mass is 16.5. The molecule has 0 aliphatic heterocycles. The molecule has 3 N–H and O–H groups in total. The third-order valence-corrected chi connectivity index (χ3v) is 2.74. The summed E-state index contributed by atoms with van der Waals surface area (Å²) in [4.78, 5) is 11.9. The molecule has 0 saturated carbocycles. The molecule has 0 aliphatic rings. The number of aryl methyl sites for hydroxylation is 1. The number of rotatable bonds is 7. The van der Waals surface area contributed by atoms with Gasteiger partial charge in [0.15, 0.2) is 0 Å². The molecule has 0 fully saturated rings. The van der Waals surface area contributed by atoms with Crippen molar-refractivity contribution in [3.8, 4) is 5.75 Å². The van der Waals surface area contributed by atoms with Crippen LogP contribution in [0.15, 0.2) is 18.2 Å². The molecule has 0 aliphatic carbocycles. The first-order chi connectivity index (χ1) is 9.08. The van der Waals surface area contributed by atoms with Gasteiger partial charge >= 0.3 is 0 Å². The van der Waals surface area contributed by atoms with Gasteiger partial charge in [-0.15, -0.1) is 0 Å². The van der Waals surface area contributed by atoms with E-state index in [1.165, 1.54) is 0 Å². The molecule has 0 saturated heterocycles. The van der Waals surface area contributed by atoms with Gasteiger partial charge in [-0.3, -0.25) is 4.79 Å². The van der Waals surface area contributed by atoms with Crippen LogP contribution in [0.25, 0.3) is 0 Å². The number of methoxy groups -OCH3 is 1. The lowest BCUT2D eigenvalue weighted by Gasteiger charge is -2.14. The van der Waals surface area contributed by atoms with Gasteiger partial charge in [-0.05, 0) is 44.0 Å². The summed E-state index contributed by atoms with van der Waals surface area (Å²) in [6, 6.07) is 4.97. The molecular formula is C14H22N2O3. The number of anilines is 1. The monoisotopic (exact) mass is 266 g/mol. The molecule has 1 atom stereocenters. The Balaban J connectivity index is 2.63. The highest BCUT2D eigenvalue weighted by molar-refractivity contribution is 5.95. The smallest absolute Gasteiger partial charge is 0.241 e. The van der Waals surface area contributed by atoms with Gasteiger partial charge < -0.3 is 20.5 Å². The summed E-state index contributed by atoms with van der Waals surface area (Å²) in [5.74, 6) is 0.589. The fraction of sp³-hybridized carbons (Fsp3) is 0.500. The Morgan fingerprint density at radius 2 is 2.21 bits per heavy atom. The number of amides is 1. The van der Waals surface area contributed by atoms with Gasteiger partial charge in [-0.1, -0.05) is 0 Å². The van der Waals surface area contributed by atoms with Crippen molar-refractivity contribution in [1.82, 2.24) is 0 Å². The summed E-state index contributed by atoms with van der Waals surface area (Å²) >= 11 is 0. The van der Waals surface area contributed by atoms with E-state index in [-0.39, 0.29) is 5.91 Å². The van der Waals surface area contributed by atoms with Gasteiger partial charge in [-0.25, -0.2) is 0 Å². The van der Waals surface area contributed by atoms with Crippen LogP contribution in [0, 0.1) is 6.92 Å². The Morgan fingerprint density at radius 3 is 2.79 bits per heavy atom. The number of hydrogen-bond donors (Lipinski definition) is 2. The summed E-state index contributed by atoms with van der Waals surface area (Å²) in [7, 11) is 1.58. The maximum Gasteiger partial charge on any atom is 0.241 e. The molecule has 1 aromatic rings. The van der Waals surface area contributed by atoms with E-state index < -0.39 is 6.04 Å². The first-order valence-electron chi connectivity index (χ1n) is 6.37. The minimum atomic E-state index is -0.564. The molecule has 19 heavy (non-hydrogen) atoms. The van der Waals surface area contributed by atoms with Crippen molar-refractivity contribution < 1.29 is 14.3 Å². The van der Waals surface area contributed by atoms with Crippen molar-refractivity contribution in [2.45, 2.75) is 26.3 Å². The zero-order valence-corrected chi connectivity index (χ0v) is 11.7. The topological polar surface area (TPSA) is 73.6 Å². The van der Waals surface area contributed by atoms with Crippen LogP contribution in [0.2, 0.25) is 0 Å². The molecule has 0 heterocycles. The summed E-state index contributed by atoms with van der Waals surface area (Å²) in [6.45, 7) is 4.93. The van der Waals surface area contributed by atoms with Gasteiger partial charge in [0, 0.05) is 19.4 Å². The number of carbonyl (C=O) groups is 1. The van der Waals surface area contributed by atoms with Crippen LogP contribution in [-0.4, -0.2) is 32.3 Å². The lowest BCUT2D eigenvalue weighted by Crippen LogP contribution is -2.36. The predicted molar refractivity (Wildman–Crippen MR) is 75.4 cm³/mol. The van der Waals surface area contributed by atoms with Gasteiger partial charge in [-0.2, -0.15) is 0 Å². The van der Waals surface area contributed by atoms with Crippen molar-refractivity contribution in [1.29, 1.82) is 0 Å². The molecule has 5 nitrogen and oxygen atoms in total. The summed E-state index contributed by atoms with van der Waals surface area (Å²) in [5, 5.41) is 2.81.